The minimum atomic E-state index is -0.228. The number of carbonyl (C=O) groups excluding carboxylic acids is 2. The highest BCUT2D eigenvalue weighted by Crippen LogP contribution is 2.34. The fourth-order valence-electron chi connectivity index (χ4n) is 4.29. The lowest BCUT2D eigenvalue weighted by Crippen LogP contribution is -2.65. The van der Waals surface area contributed by atoms with E-state index >= 15 is 0 Å². The highest BCUT2D eigenvalue weighted by molar-refractivity contribution is 5.93. The van der Waals surface area contributed by atoms with Gasteiger partial charge in [-0.05, 0) is 42.5 Å². The van der Waals surface area contributed by atoms with E-state index in [2.05, 4.69) is 15.5 Å². The Morgan fingerprint density at radius 2 is 1.72 bits per heavy atom. The summed E-state index contributed by atoms with van der Waals surface area (Å²) < 4.78 is 5.87. The van der Waals surface area contributed by atoms with E-state index in [4.69, 9.17) is 4.74 Å². The lowest BCUT2D eigenvalue weighted by atomic mass is 9.86. The van der Waals surface area contributed by atoms with Crippen molar-refractivity contribution in [2.75, 3.05) is 25.0 Å². The van der Waals surface area contributed by atoms with Crippen molar-refractivity contribution < 1.29 is 14.3 Å². The second-order valence-electron chi connectivity index (χ2n) is 8.01. The fraction of sp³-hybridized carbons (Fsp3) is 0.429. The molecule has 0 saturated carbocycles. The van der Waals surface area contributed by atoms with Gasteiger partial charge in [-0.25, -0.2) is 4.79 Å². The van der Waals surface area contributed by atoms with E-state index in [-0.39, 0.29) is 23.2 Å². The maximum Gasteiger partial charge on any atom is 0.323 e. The molecule has 4 heterocycles. The van der Waals surface area contributed by atoms with Gasteiger partial charge in [-0.15, -0.1) is 10.2 Å². The summed E-state index contributed by atoms with van der Waals surface area (Å²) in [5.74, 6) is 0.184. The molecule has 2 fully saturated rings. The summed E-state index contributed by atoms with van der Waals surface area (Å²) in [4.78, 5) is 28.6. The highest BCUT2D eigenvalue weighted by atomic mass is 16.5. The van der Waals surface area contributed by atoms with Crippen LogP contribution in [0.5, 0.6) is 0 Å². The van der Waals surface area contributed by atoms with E-state index in [9.17, 15) is 9.59 Å². The van der Waals surface area contributed by atoms with E-state index in [0.717, 1.165) is 37.0 Å². The number of benzene rings is 1. The van der Waals surface area contributed by atoms with E-state index in [1.807, 2.05) is 24.3 Å². The third-order valence-electron chi connectivity index (χ3n) is 5.93. The zero-order valence-electron chi connectivity index (χ0n) is 16.1. The molecule has 0 bridgehead atoms. The van der Waals surface area contributed by atoms with Gasteiger partial charge >= 0.3 is 6.03 Å². The molecule has 2 aromatic rings. The molecule has 8 heteroatoms. The lowest BCUT2D eigenvalue weighted by Gasteiger charge is -2.51. The summed E-state index contributed by atoms with van der Waals surface area (Å²) in [6.07, 6.45) is 3.25. The number of hydrogen-bond donors (Lipinski definition) is 1. The van der Waals surface area contributed by atoms with Gasteiger partial charge in [-0.1, -0.05) is 24.3 Å². The molecule has 150 valence electrons. The van der Waals surface area contributed by atoms with E-state index in [1.54, 1.807) is 21.9 Å². The van der Waals surface area contributed by atoms with E-state index in [0.29, 0.717) is 32.0 Å². The molecule has 8 nitrogen and oxygen atoms in total. The molecule has 0 radical (unpaired) electrons. The molecule has 0 aliphatic carbocycles. The molecule has 2 saturated heterocycles. The SMILES string of the molecule is O=C(Nc1ccc(C(=O)N2CC3(CCCCO3)C2)nn1)N1Cc2ccccc2C1. The molecule has 29 heavy (non-hydrogen) atoms. The Morgan fingerprint density at radius 3 is 2.34 bits per heavy atom. The van der Waals surface area contributed by atoms with Crippen molar-refractivity contribution >= 4 is 17.8 Å². The number of amides is 3. The number of rotatable bonds is 2. The van der Waals surface area contributed by atoms with Crippen molar-refractivity contribution in [2.24, 2.45) is 0 Å². The van der Waals surface area contributed by atoms with Gasteiger partial charge in [0.2, 0.25) is 0 Å². The fourth-order valence-corrected chi connectivity index (χ4v) is 4.29. The number of aromatic nitrogens is 2. The Kier molecular flexibility index (Phi) is 4.43. The van der Waals surface area contributed by atoms with Crippen LogP contribution in [-0.4, -0.2) is 57.2 Å². The van der Waals surface area contributed by atoms with Gasteiger partial charge in [0, 0.05) is 19.7 Å². The lowest BCUT2D eigenvalue weighted by molar-refractivity contribution is -0.152. The summed E-state index contributed by atoms with van der Waals surface area (Å²) >= 11 is 0. The summed E-state index contributed by atoms with van der Waals surface area (Å²) in [5, 5.41) is 10.8. The topological polar surface area (TPSA) is 87.7 Å². The van der Waals surface area contributed by atoms with Crippen LogP contribution in [0.1, 0.15) is 40.9 Å². The molecule has 0 unspecified atom stereocenters. The van der Waals surface area contributed by atoms with E-state index < -0.39 is 0 Å². The van der Waals surface area contributed by atoms with Crippen LogP contribution < -0.4 is 5.32 Å². The predicted octanol–water partition coefficient (Wildman–Crippen LogP) is 2.42. The largest absolute Gasteiger partial charge is 0.371 e. The Morgan fingerprint density at radius 1 is 0.966 bits per heavy atom. The van der Waals surface area contributed by atoms with Crippen LogP contribution in [-0.2, 0) is 17.8 Å². The second-order valence-corrected chi connectivity index (χ2v) is 8.01. The Hall–Kier alpha value is -3.00. The Bertz CT molecular complexity index is 907. The maximum absolute atomic E-state index is 12.6. The number of ether oxygens (including phenoxy) is 1. The average molecular weight is 393 g/mol. The van der Waals surface area contributed by atoms with Crippen LogP contribution in [0.3, 0.4) is 0 Å². The zero-order chi connectivity index (χ0) is 19.8. The third kappa shape index (κ3) is 3.44. The second kappa shape index (κ2) is 7.11. The minimum absolute atomic E-state index is 0.148. The van der Waals surface area contributed by atoms with Crippen LogP contribution in [0.2, 0.25) is 0 Å². The van der Waals surface area contributed by atoms with Gasteiger partial charge in [0.05, 0.1) is 13.1 Å². The molecule has 1 aromatic carbocycles. The summed E-state index contributed by atoms with van der Waals surface area (Å²) in [6, 6.07) is 11.0. The normalized spacial score (nSPS) is 19.6. The minimum Gasteiger partial charge on any atom is -0.371 e. The van der Waals surface area contributed by atoms with Crippen molar-refractivity contribution in [3.05, 3.63) is 53.2 Å². The first kappa shape index (κ1) is 18.1. The average Bonchev–Trinajstić information content (AvgIpc) is 3.17. The van der Waals surface area contributed by atoms with Crippen molar-refractivity contribution in [3.8, 4) is 0 Å². The van der Waals surface area contributed by atoms with Crippen LogP contribution in [0.4, 0.5) is 10.6 Å². The van der Waals surface area contributed by atoms with Gasteiger partial charge in [-0.2, -0.15) is 0 Å². The molecule has 5 rings (SSSR count). The van der Waals surface area contributed by atoms with Crippen molar-refractivity contribution in [3.63, 3.8) is 0 Å². The first-order valence-electron chi connectivity index (χ1n) is 10.0. The Labute approximate surface area is 168 Å². The smallest absolute Gasteiger partial charge is 0.323 e. The van der Waals surface area contributed by atoms with Gasteiger partial charge in [0.1, 0.15) is 5.60 Å². The molecule has 1 spiro atoms. The number of carbonyl (C=O) groups is 2. The Balaban J connectivity index is 1.17. The number of anilines is 1. The zero-order valence-corrected chi connectivity index (χ0v) is 16.1. The highest BCUT2D eigenvalue weighted by Gasteiger charge is 2.47. The summed E-state index contributed by atoms with van der Waals surface area (Å²) in [5.41, 5.74) is 2.44. The molecule has 1 aromatic heterocycles. The number of hydrogen-bond acceptors (Lipinski definition) is 5. The van der Waals surface area contributed by atoms with Crippen LogP contribution in [0.15, 0.2) is 36.4 Å². The van der Waals surface area contributed by atoms with Crippen molar-refractivity contribution in [1.82, 2.24) is 20.0 Å². The first-order chi connectivity index (χ1) is 14.1. The molecule has 1 N–H and O–H groups in total. The quantitative estimate of drug-likeness (QED) is 0.847. The van der Waals surface area contributed by atoms with Gasteiger partial charge in [0.15, 0.2) is 11.5 Å². The van der Waals surface area contributed by atoms with Gasteiger partial charge in [-0.3, -0.25) is 10.1 Å². The number of nitrogens with one attached hydrogen (secondary N) is 1. The standard InChI is InChI=1S/C21H23N5O3/c27-19(26-13-21(14-26)9-3-4-10-29-21)17-7-8-18(24-23-17)22-20(28)25-11-15-5-1-2-6-16(15)12-25/h1-2,5-8H,3-4,9-14H2,(H,22,24,28). The third-order valence-corrected chi connectivity index (χ3v) is 5.93. The van der Waals surface area contributed by atoms with Crippen LogP contribution >= 0.6 is 0 Å². The molecule has 3 aliphatic rings. The summed E-state index contributed by atoms with van der Waals surface area (Å²) in [6.45, 7) is 3.15. The molecule has 0 atom stereocenters. The van der Waals surface area contributed by atoms with Crippen LogP contribution in [0, 0.1) is 0 Å². The van der Waals surface area contributed by atoms with Crippen molar-refractivity contribution in [1.29, 1.82) is 0 Å². The number of fused-ring (bicyclic) bond motifs is 1. The van der Waals surface area contributed by atoms with Crippen molar-refractivity contribution in [2.45, 2.75) is 38.0 Å². The maximum atomic E-state index is 12.6. The van der Waals surface area contributed by atoms with Gasteiger partial charge in [0.25, 0.3) is 5.91 Å². The molecular weight excluding hydrogens is 370 g/mol. The van der Waals surface area contributed by atoms with Crippen LogP contribution in [0.25, 0.3) is 0 Å². The number of likely N-dealkylation sites (tertiary alicyclic amines) is 1. The predicted molar refractivity (Wildman–Crippen MR) is 105 cm³/mol. The monoisotopic (exact) mass is 393 g/mol. The molecular formula is C21H23N5O3. The number of urea groups is 1. The molecule has 3 aliphatic heterocycles. The van der Waals surface area contributed by atoms with Gasteiger partial charge < -0.3 is 14.5 Å². The van der Waals surface area contributed by atoms with E-state index in [1.165, 1.54) is 0 Å². The number of nitrogens with zero attached hydrogens (tertiary/aromatic N) is 4. The first-order valence-corrected chi connectivity index (χ1v) is 10.0. The summed E-state index contributed by atoms with van der Waals surface area (Å²) in [7, 11) is 0. The molecule has 3 amide bonds.